The molecule has 1 aromatic carbocycles. The fraction of sp³-hybridized carbons (Fsp3) is 0.267. The number of benzene rings is 1. The summed E-state index contributed by atoms with van der Waals surface area (Å²) in [7, 11) is -3.62. The number of aromatic hydroxyl groups is 1. The van der Waals surface area contributed by atoms with Crippen LogP contribution in [0.4, 0.5) is 5.88 Å². The van der Waals surface area contributed by atoms with Crippen molar-refractivity contribution >= 4 is 45.1 Å². The first-order chi connectivity index (χ1) is 11.7. The van der Waals surface area contributed by atoms with Crippen LogP contribution in [-0.2, 0) is 14.8 Å². The molecule has 7 nitrogen and oxygen atoms in total. The second-order valence-corrected chi connectivity index (χ2v) is 8.29. The van der Waals surface area contributed by atoms with Crippen molar-refractivity contribution in [2.75, 3.05) is 16.6 Å². The first-order valence-electron chi connectivity index (χ1n) is 7.20. The van der Waals surface area contributed by atoms with Gasteiger partial charge in [-0.15, -0.1) is 0 Å². The molecule has 0 atom stereocenters. The fourth-order valence-electron chi connectivity index (χ4n) is 2.54. The standard InChI is InChI=1S/C15H13Cl2NO6S/c1-8(19)23-14-12(20)13(9-5-10(16)7-11(17)6-9)24-15(14)18-3-2-4-25(18,21)22/h5-7,20H,2-4H2,1H3. The lowest BCUT2D eigenvalue weighted by atomic mass is 10.1. The third-order valence-corrected chi connectivity index (χ3v) is 5.78. The SMILES string of the molecule is CC(=O)Oc1c(N2CCCS2(=O)=O)oc(-c2cc(Cl)cc(Cl)c2)c1O. The maximum atomic E-state index is 12.2. The highest BCUT2D eigenvalue weighted by Crippen LogP contribution is 2.49. The Morgan fingerprint density at radius 3 is 2.44 bits per heavy atom. The Morgan fingerprint density at radius 1 is 1.28 bits per heavy atom. The van der Waals surface area contributed by atoms with E-state index in [1.54, 1.807) is 0 Å². The minimum Gasteiger partial charge on any atom is -0.502 e. The maximum Gasteiger partial charge on any atom is 0.308 e. The summed E-state index contributed by atoms with van der Waals surface area (Å²) >= 11 is 11.9. The third kappa shape index (κ3) is 3.42. The lowest BCUT2D eigenvalue weighted by Crippen LogP contribution is -2.25. The molecule has 2 aromatic rings. The molecule has 0 unspecified atom stereocenters. The van der Waals surface area contributed by atoms with Gasteiger partial charge in [0.25, 0.3) is 5.88 Å². The van der Waals surface area contributed by atoms with Gasteiger partial charge in [-0.3, -0.25) is 4.79 Å². The van der Waals surface area contributed by atoms with E-state index in [-0.39, 0.29) is 29.7 Å². The summed E-state index contributed by atoms with van der Waals surface area (Å²) in [6.45, 7) is 1.28. The molecule has 1 N–H and O–H groups in total. The molecule has 0 amide bonds. The molecule has 1 aromatic heterocycles. The molecule has 0 bridgehead atoms. The number of sulfonamides is 1. The van der Waals surface area contributed by atoms with Gasteiger partial charge in [0.15, 0.2) is 5.76 Å². The molecule has 3 rings (SSSR count). The third-order valence-electron chi connectivity index (χ3n) is 3.52. The Morgan fingerprint density at radius 2 is 1.92 bits per heavy atom. The predicted molar refractivity (Wildman–Crippen MR) is 92.9 cm³/mol. The molecule has 0 saturated carbocycles. The van der Waals surface area contributed by atoms with Crippen molar-refractivity contribution in [3.8, 4) is 22.8 Å². The normalized spacial score (nSPS) is 16.2. The van der Waals surface area contributed by atoms with E-state index in [1.165, 1.54) is 18.2 Å². The van der Waals surface area contributed by atoms with Crippen LogP contribution in [0.5, 0.6) is 11.5 Å². The molecule has 25 heavy (non-hydrogen) atoms. The smallest absolute Gasteiger partial charge is 0.308 e. The van der Waals surface area contributed by atoms with E-state index < -0.39 is 21.7 Å². The molecule has 0 spiro atoms. The summed E-state index contributed by atoms with van der Waals surface area (Å²) in [5.41, 5.74) is 0.311. The number of anilines is 1. The maximum absolute atomic E-state index is 12.2. The Labute approximate surface area is 153 Å². The minimum absolute atomic E-state index is 0.0632. The van der Waals surface area contributed by atoms with Gasteiger partial charge in [0.1, 0.15) is 0 Å². The first kappa shape index (κ1) is 17.9. The van der Waals surface area contributed by atoms with Crippen LogP contribution in [0.15, 0.2) is 22.6 Å². The molecule has 134 valence electrons. The van der Waals surface area contributed by atoms with Crippen LogP contribution in [0.2, 0.25) is 10.0 Å². The Balaban J connectivity index is 2.20. The van der Waals surface area contributed by atoms with Crippen molar-refractivity contribution in [3.63, 3.8) is 0 Å². The number of carbonyl (C=O) groups is 1. The zero-order valence-electron chi connectivity index (χ0n) is 13.0. The molecular formula is C15H13Cl2NO6S. The van der Waals surface area contributed by atoms with Gasteiger partial charge in [-0.05, 0) is 24.6 Å². The van der Waals surface area contributed by atoms with E-state index in [2.05, 4.69) is 0 Å². The number of ether oxygens (including phenoxy) is 1. The largest absolute Gasteiger partial charge is 0.502 e. The molecular weight excluding hydrogens is 393 g/mol. The quantitative estimate of drug-likeness (QED) is 0.785. The molecule has 0 radical (unpaired) electrons. The van der Waals surface area contributed by atoms with Crippen LogP contribution in [-0.4, -0.2) is 31.8 Å². The second-order valence-electron chi connectivity index (χ2n) is 5.41. The number of carbonyl (C=O) groups excluding carboxylic acids is 1. The summed E-state index contributed by atoms with van der Waals surface area (Å²) in [5.74, 6) is -2.01. The first-order valence-corrected chi connectivity index (χ1v) is 9.56. The summed E-state index contributed by atoms with van der Waals surface area (Å²) in [6, 6.07) is 4.45. The van der Waals surface area contributed by atoms with Crippen LogP contribution in [0.25, 0.3) is 11.3 Å². The van der Waals surface area contributed by atoms with Crippen molar-refractivity contribution < 1.29 is 27.5 Å². The van der Waals surface area contributed by atoms with Crippen LogP contribution in [0.3, 0.4) is 0 Å². The summed E-state index contributed by atoms with van der Waals surface area (Å²) in [5, 5.41) is 11.0. The zero-order chi connectivity index (χ0) is 18.4. The number of rotatable bonds is 3. The van der Waals surface area contributed by atoms with Crippen LogP contribution in [0.1, 0.15) is 13.3 Å². The summed E-state index contributed by atoms with van der Waals surface area (Å²) < 4.78 is 35.9. The lowest BCUT2D eigenvalue weighted by molar-refractivity contribution is -0.132. The van der Waals surface area contributed by atoms with Gasteiger partial charge < -0.3 is 14.3 Å². The van der Waals surface area contributed by atoms with E-state index >= 15 is 0 Å². The van der Waals surface area contributed by atoms with E-state index in [1.807, 2.05) is 0 Å². The molecule has 1 saturated heterocycles. The predicted octanol–water partition coefficient (Wildman–Crippen LogP) is 3.42. The number of nitrogens with zero attached hydrogens (tertiary/aromatic N) is 1. The molecule has 1 fully saturated rings. The monoisotopic (exact) mass is 405 g/mol. The van der Waals surface area contributed by atoms with E-state index in [0.29, 0.717) is 22.0 Å². The number of hydrogen-bond donors (Lipinski definition) is 1. The second kappa shape index (κ2) is 6.44. The average Bonchev–Trinajstić information content (AvgIpc) is 2.98. The molecule has 1 aliphatic rings. The molecule has 0 aliphatic carbocycles. The fourth-order valence-corrected chi connectivity index (χ4v) is 4.56. The topological polar surface area (TPSA) is 97.0 Å². The number of furan rings is 1. The average molecular weight is 406 g/mol. The van der Waals surface area contributed by atoms with Crippen molar-refractivity contribution in [1.29, 1.82) is 0 Å². The van der Waals surface area contributed by atoms with Crippen molar-refractivity contribution in [1.82, 2.24) is 0 Å². The van der Waals surface area contributed by atoms with Crippen LogP contribution < -0.4 is 9.04 Å². The Kier molecular flexibility index (Phi) is 4.61. The minimum atomic E-state index is -3.62. The highest BCUT2D eigenvalue weighted by atomic mass is 35.5. The Hall–Kier alpha value is -1.90. The molecule has 10 heteroatoms. The molecule has 1 aliphatic heterocycles. The highest BCUT2D eigenvalue weighted by molar-refractivity contribution is 7.93. The van der Waals surface area contributed by atoms with Gasteiger partial charge in [0.2, 0.25) is 21.5 Å². The van der Waals surface area contributed by atoms with E-state index in [0.717, 1.165) is 11.2 Å². The van der Waals surface area contributed by atoms with Gasteiger partial charge in [-0.2, -0.15) is 0 Å². The highest BCUT2D eigenvalue weighted by Gasteiger charge is 2.37. The lowest BCUT2D eigenvalue weighted by Gasteiger charge is -2.14. The van der Waals surface area contributed by atoms with E-state index in [4.69, 9.17) is 32.4 Å². The van der Waals surface area contributed by atoms with E-state index in [9.17, 15) is 18.3 Å². The van der Waals surface area contributed by atoms with Gasteiger partial charge in [-0.1, -0.05) is 23.2 Å². The number of hydrogen-bond acceptors (Lipinski definition) is 6. The summed E-state index contributed by atoms with van der Waals surface area (Å²) in [4.78, 5) is 11.4. The van der Waals surface area contributed by atoms with Crippen molar-refractivity contribution in [2.24, 2.45) is 0 Å². The molecule has 2 heterocycles. The summed E-state index contributed by atoms with van der Waals surface area (Å²) in [6.07, 6.45) is 0.391. The Bertz CT molecular complexity index is 933. The van der Waals surface area contributed by atoms with Crippen LogP contribution >= 0.6 is 23.2 Å². The number of esters is 1. The van der Waals surface area contributed by atoms with Crippen molar-refractivity contribution in [2.45, 2.75) is 13.3 Å². The zero-order valence-corrected chi connectivity index (χ0v) is 15.3. The number of halogens is 2. The van der Waals surface area contributed by atoms with Gasteiger partial charge in [0, 0.05) is 29.1 Å². The van der Waals surface area contributed by atoms with Gasteiger partial charge in [-0.25, -0.2) is 12.7 Å². The van der Waals surface area contributed by atoms with Crippen LogP contribution in [0, 0.1) is 0 Å². The van der Waals surface area contributed by atoms with Gasteiger partial charge >= 0.3 is 5.97 Å². The van der Waals surface area contributed by atoms with Gasteiger partial charge in [0.05, 0.1) is 5.75 Å². The van der Waals surface area contributed by atoms with Crippen molar-refractivity contribution in [3.05, 3.63) is 28.2 Å².